The van der Waals surface area contributed by atoms with Crippen LogP contribution in [0.1, 0.15) is 38.2 Å². The number of nitrogens with one attached hydrogen (secondary N) is 1. The van der Waals surface area contributed by atoms with Crippen molar-refractivity contribution in [3.63, 3.8) is 0 Å². The lowest BCUT2D eigenvalue weighted by Crippen LogP contribution is -2.40. The van der Waals surface area contributed by atoms with Crippen molar-refractivity contribution < 1.29 is 0 Å². The van der Waals surface area contributed by atoms with Gasteiger partial charge in [0.15, 0.2) is 0 Å². The molecule has 1 aromatic rings. The van der Waals surface area contributed by atoms with Crippen LogP contribution in [0.2, 0.25) is 10.0 Å². The highest BCUT2D eigenvalue weighted by Crippen LogP contribution is 2.50. The van der Waals surface area contributed by atoms with Gasteiger partial charge in [-0.15, -0.1) is 0 Å². The first-order valence-electron chi connectivity index (χ1n) is 7.85. The van der Waals surface area contributed by atoms with Crippen molar-refractivity contribution in [2.24, 2.45) is 17.8 Å². The molecule has 2 bridgehead atoms. The first-order valence-corrected chi connectivity index (χ1v) is 8.61. The van der Waals surface area contributed by atoms with Crippen molar-refractivity contribution in [3.05, 3.63) is 33.8 Å². The van der Waals surface area contributed by atoms with Gasteiger partial charge in [-0.2, -0.15) is 0 Å². The number of likely N-dealkylation sites (N-methyl/N-ethyl adjacent to an activating group) is 1. The third kappa shape index (κ3) is 2.86. The van der Waals surface area contributed by atoms with Gasteiger partial charge in [0.05, 0.1) is 0 Å². The average Bonchev–Trinajstić information content (AvgIpc) is 3.04. The summed E-state index contributed by atoms with van der Waals surface area (Å²) in [4.78, 5) is 0. The quantitative estimate of drug-likeness (QED) is 0.811. The van der Waals surface area contributed by atoms with Gasteiger partial charge >= 0.3 is 0 Å². The second-order valence-electron chi connectivity index (χ2n) is 6.41. The molecule has 4 unspecified atom stereocenters. The molecule has 1 N–H and O–H groups in total. The van der Waals surface area contributed by atoms with Crippen LogP contribution in [-0.4, -0.2) is 12.6 Å². The molecule has 0 aliphatic heterocycles. The standard InChI is InChI=1S/C17H23Cl2N/c1-2-20-17(13-9-11-6-7-12(13)8-11)10-14-15(18)4-3-5-16(14)19/h3-5,11-13,17,20H,2,6-10H2,1H3. The highest BCUT2D eigenvalue weighted by atomic mass is 35.5. The van der Waals surface area contributed by atoms with Crippen LogP contribution in [0.5, 0.6) is 0 Å². The molecule has 0 spiro atoms. The van der Waals surface area contributed by atoms with Gasteiger partial charge < -0.3 is 5.32 Å². The van der Waals surface area contributed by atoms with E-state index in [1.54, 1.807) is 0 Å². The lowest BCUT2D eigenvalue weighted by atomic mass is 9.81. The van der Waals surface area contributed by atoms with E-state index >= 15 is 0 Å². The molecule has 110 valence electrons. The van der Waals surface area contributed by atoms with Crippen LogP contribution in [0.4, 0.5) is 0 Å². The number of hydrogen-bond acceptors (Lipinski definition) is 1. The Morgan fingerprint density at radius 1 is 1.20 bits per heavy atom. The third-order valence-corrected chi connectivity index (χ3v) is 5.97. The van der Waals surface area contributed by atoms with Crippen LogP contribution in [0, 0.1) is 17.8 Å². The van der Waals surface area contributed by atoms with E-state index in [2.05, 4.69) is 12.2 Å². The van der Waals surface area contributed by atoms with E-state index in [0.717, 1.165) is 46.3 Å². The van der Waals surface area contributed by atoms with Gasteiger partial charge in [-0.3, -0.25) is 0 Å². The minimum atomic E-state index is 0.521. The van der Waals surface area contributed by atoms with Crippen LogP contribution in [-0.2, 0) is 6.42 Å². The van der Waals surface area contributed by atoms with Crippen molar-refractivity contribution >= 4 is 23.2 Å². The lowest BCUT2D eigenvalue weighted by Gasteiger charge is -2.31. The van der Waals surface area contributed by atoms with Crippen LogP contribution < -0.4 is 5.32 Å². The fourth-order valence-electron chi connectivity index (χ4n) is 4.37. The summed E-state index contributed by atoms with van der Waals surface area (Å²) in [5.41, 5.74) is 1.12. The van der Waals surface area contributed by atoms with Crippen LogP contribution in [0.15, 0.2) is 18.2 Å². The largest absolute Gasteiger partial charge is 0.314 e. The molecule has 3 heteroatoms. The molecular weight excluding hydrogens is 289 g/mol. The fourth-order valence-corrected chi connectivity index (χ4v) is 4.92. The van der Waals surface area contributed by atoms with Gasteiger partial charge in [0, 0.05) is 16.1 Å². The third-order valence-electron chi connectivity index (χ3n) is 5.26. The highest BCUT2D eigenvalue weighted by molar-refractivity contribution is 6.36. The van der Waals surface area contributed by atoms with Gasteiger partial charge in [-0.05, 0) is 67.7 Å². The van der Waals surface area contributed by atoms with E-state index in [-0.39, 0.29) is 0 Å². The molecule has 2 fully saturated rings. The molecule has 2 aliphatic carbocycles. The maximum atomic E-state index is 6.35. The monoisotopic (exact) mass is 311 g/mol. The number of benzene rings is 1. The summed E-state index contributed by atoms with van der Waals surface area (Å²) >= 11 is 12.7. The first-order chi connectivity index (χ1) is 9.69. The number of hydrogen-bond donors (Lipinski definition) is 1. The van der Waals surface area contributed by atoms with Crippen LogP contribution >= 0.6 is 23.2 Å². The first kappa shape index (κ1) is 14.7. The summed E-state index contributed by atoms with van der Waals surface area (Å²) in [5, 5.41) is 5.31. The predicted octanol–water partition coefficient (Wildman–Crippen LogP) is 4.95. The highest BCUT2D eigenvalue weighted by Gasteiger charge is 2.42. The normalized spacial score (nSPS) is 29.9. The summed E-state index contributed by atoms with van der Waals surface area (Å²) in [5.74, 6) is 2.71. The Kier molecular flexibility index (Phi) is 4.59. The van der Waals surface area contributed by atoms with Gasteiger partial charge in [-0.25, -0.2) is 0 Å². The molecule has 2 aliphatic rings. The van der Waals surface area contributed by atoms with E-state index < -0.39 is 0 Å². The maximum absolute atomic E-state index is 6.35. The van der Waals surface area contributed by atoms with E-state index in [1.165, 1.54) is 25.7 Å². The Labute approximate surface area is 132 Å². The minimum absolute atomic E-state index is 0.521. The van der Waals surface area contributed by atoms with Gasteiger partial charge in [-0.1, -0.05) is 42.6 Å². The summed E-state index contributed by atoms with van der Waals surface area (Å²) < 4.78 is 0. The maximum Gasteiger partial charge on any atom is 0.0453 e. The average molecular weight is 312 g/mol. The van der Waals surface area contributed by atoms with E-state index in [0.29, 0.717) is 6.04 Å². The molecule has 0 amide bonds. The Morgan fingerprint density at radius 2 is 1.95 bits per heavy atom. The molecule has 4 atom stereocenters. The fraction of sp³-hybridized carbons (Fsp3) is 0.647. The summed E-state index contributed by atoms with van der Waals surface area (Å²) in [6, 6.07) is 6.35. The van der Waals surface area contributed by atoms with Crippen molar-refractivity contribution in [1.82, 2.24) is 5.32 Å². The lowest BCUT2D eigenvalue weighted by molar-refractivity contribution is 0.249. The minimum Gasteiger partial charge on any atom is -0.314 e. The molecule has 1 aromatic carbocycles. The molecule has 0 heterocycles. The Hall–Kier alpha value is -0.240. The number of fused-ring (bicyclic) bond motifs is 2. The Morgan fingerprint density at radius 3 is 2.50 bits per heavy atom. The van der Waals surface area contributed by atoms with E-state index in [1.807, 2.05) is 18.2 Å². The van der Waals surface area contributed by atoms with Gasteiger partial charge in [0.25, 0.3) is 0 Å². The van der Waals surface area contributed by atoms with E-state index in [9.17, 15) is 0 Å². The van der Waals surface area contributed by atoms with Crippen molar-refractivity contribution in [3.8, 4) is 0 Å². The predicted molar refractivity (Wildman–Crippen MR) is 86.6 cm³/mol. The number of rotatable bonds is 5. The van der Waals surface area contributed by atoms with Crippen LogP contribution in [0.25, 0.3) is 0 Å². The zero-order chi connectivity index (χ0) is 14.1. The topological polar surface area (TPSA) is 12.0 Å². The second kappa shape index (κ2) is 6.25. The summed E-state index contributed by atoms with van der Waals surface area (Å²) in [6.07, 6.45) is 6.67. The molecule has 0 saturated heterocycles. The molecule has 0 radical (unpaired) electrons. The number of halogens is 2. The molecule has 2 saturated carbocycles. The van der Waals surface area contributed by atoms with E-state index in [4.69, 9.17) is 23.2 Å². The van der Waals surface area contributed by atoms with Gasteiger partial charge in [0.2, 0.25) is 0 Å². The second-order valence-corrected chi connectivity index (χ2v) is 7.22. The summed E-state index contributed by atoms with van der Waals surface area (Å²) in [7, 11) is 0. The Balaban J connectivity index is 1.77. The van der Waals surface area contributed by atoms with Crippen LogP contribution in [0.3, 0.4) is 0 Å². The molecule has 3 rings (SSSR count). The van der Waals surface area contributed by atoms with Crippen molar-refractivity contribution in [2.45, 2.75) is 45.1 Å². The molecular formula is C17H23Cl2N. The molecule has 1 nitrogen and oxygen atoms in total. The van der Waals surface area contributed by atoms with Gasteiger partial charge in [0.1, 0.15) is 0 Å². The molecule has 20 heavy (non-hydrogen) atoms. The van der Waals surface area contributed by atoms with Crippen molar-refractivity contribution in [1.29, 1.82) is 0 Å². The Bertz CT molecular complexity index is 454. The summed E-state index contributed by atoms with van der Waals surface area (Å²) in [6.45, 7) is 3.20. The van der Waals surface area contributed by atoms with Crippen molar-refractivity contribution in [2.75, 3.05) is 6.54 Å². The zero-order valence-corrected chi connectivity index (χ0v) is 13.6. The SMILES string of the molecule is CCNC(Cc1c(Cl)cccc1Cl)C1CC2CCC1C2. The smallest absolute Gasteiger partial charge is 0.0453 e. The zero-order valence-electron chi connectivity index (χ0n) is 12.0. The molecule has 0 aromatic heterocycles.